The second kappa shape index (κ2) is 51.5. The van der Waals surface area contributed by atoms with Crippen LogP contribution in [-0.4, -0.2) is 24.3 Å². The monoisotopic (exact) mass is 723 g/mol. The third-order valence-corrected chi connectivity index (χ3v) is 10.8. The Morgan fingerprint density at radius 3 is 0.784 bits per heavy atom. The number of ether oxygens (including phenoxy) is 1. The van der Waals surface area contributed by atoms with E-state index in [-0.39, 0.29) is 5.97 Å². The van der Waals surface area contributed by atoms with Crippen LogP contribution in [0.5, 0.6) is 0 Å². The molecule has 3 nitrogen and oxygen atoms in total. The fraction of sp³-hybridized carbons (Fsp3) is 0.979. The quantitative estimate of drug-likeness (QED) is 0.0503. The Bertz CT molecular complexity index is 577. The average Bonchev–Trinajstić information content (AvgIpc) is 3.14. The molecule has 0 aliphatic rings. The van der Waals surface area contributed by atoms with E-state index in [1.165, 1.54) is 244 Å². The second-order valence-corrected chi connectivity index (χ2v) is 16.1. The Kier molecular flexibility index (Phi) is 53.1. The van der Waals surface area contributed by atoms with Gasteiger partial charge in [0.15, 0.2) is 0 Å². The highest BCUT2D eigenvalue weighted by Gasteiger charge is 2.03. The molecule has 0 radical (unpaired) electrons. The molecule has 0 amide bonds. The molecule has 0 saturated carbocycles. The lowest BCUT2D eigenvalue weighted by Crippen LogP contribution is -2.05. The molecular formula is C48H98O3. The molecule has 0 atom stereocenters. The number of hydrogen-bond acceptors (Lipinski definition) is 3. The van der Waals surface area contributed by atoms with E-state index in [0.29, 0.717) is 19.6 Å². The molecule has 0 heterocycles. The first kappa shape index (κ1) is 52.5. The number of aliphatic hydroxyl groups excluding tert-OH is 1. The summed E-state index contributed by atoms with van der Waals surface area (Å²) in [5.41, 5.74) is 0. The van der Waals surface area contributed by atoms with Crippen molar-refractivity contribution >= 4 is 5.97 Å². The molecule has 0 aliphatic carbocycles. The van der Waals surface area contributed by atoms with E-state index in [2.05, 4.69) is 20.8 Å². The van der Waals surface area contributed by atoms with Gasteiger partial charge in [-0.25, -0.2) is 0 Å². The molecule has 0 bridgehead atoms. The van der Waals surface area contributed by atoms with E-state index in [1.807, 2.05) is 0 Å². The first-order valence-electron chi connectivity index (χ1n) is 24.0. The van der Waals surface area contributed by atoms with Gasteiger partial charge in [0.2, 0.25) is 0 Å². The van der Waals surface area contributed by atoms with E-state index in [4.69, 9.17) is 9.84 Å². The van der Waals surface area contributed by atoms with Gasteiger partial charge in [-0.05, 0) is 19.3 Å². The Hall–Kier alpha value is -0.570. The minimum absolute atomic E-state index is 0.0257. The second-order valence-electron chi connectivity index (χ2n) is 16.1. The number of esters is 1. The third-order valence-electron chi connectivity index (χ3n) is 10.8. The van der Waals surface area contributed by atoms with Crippen molar-refractivity contribution in [1.29, 1.82) is 0 Å². The molecule has 0 rings (SSSR count). The molecule has 0 fully saturated rings. The average molecular weight is 723 g/mol. The first-order chi connectivity index (χ1) is 25.2. The first-order valence-corrected chi connectivity index (χ1v) is 24.0. The Labute approximate surface area is 323 Å². The Morgan fingerprint density at radius 1 is 0.314 bits per heavy atom. The van der Waals surface area contributed by atoms with Gasteiger partial charge in [0.1, 0.15) is 0 Å². The van der Waals surface area contributed by atoms with Gasteiger partial charge in [0.25, 0.3) is 0 Å². The topological polar surface area (TPSA) is 46.5 Å². The molecule has 0 aliphatic heterocycles. The maximum Gasteiger partial charge on any atom is 0.305 e. The van der Waals surface area contributed by atoms with Crippen LogP contribution in [-0.2, 0) is 9.53 Å². The van der Waals surface area contributed by atoms with Gasteiger partial charge in [0.05, 0.1) is 6.61 Å². The van der Waals surface area contributed by atoms with Crippen molar-refractivity contribution < 1.29 is 14.6 Å². The van der Waals surface area contributed by atoms with Crippen LogP contribution in [0.4, 0.5) is 0 Å². The van der Waals surface area contributed by atoms with Crippen LogP contribution in [0, 0.1) is 0 Å². The van der Waals surface area contributed by atoms with Gasteiger partial charge in [-0.2, -0.15) is 0 Å². The molecular weight excluding hydrogens is 625 g/mol. The fourth-order valence-electron chi connectivity index (χ4n) is 7.15. The van der Waals surface area contributed by atoms with Gasteiger partial charge < -0.3 is 9.84 Å². The van der Waals surface area contributed by atoms with Crippen LogP contribution < -0.4 is 0 Å². The molecule has 0 spiro atoms. The van der Waals surface area contributed by atoms with E-state index in [1.54, 1.807) is 0 Å². The van der Waals surface area contributed by atoms with Gasteiger partial charge in [-0.3, -0.25) is 4.79 Å². The lowest BCUT2D eigenvalue weighted by Gasteiger charge is -2.06. The van der Waals surface area contributed by atoms with Crippen molar-refractivity contribution in [1.82, 2.24) is 0 Å². The maximum atomic E-state index is 11.9. The fourth-order valence-corrected chi connectivity index (χ4v) is 7.15. The van der Waals surface area contributed by atoms with Crippen molar-refractivity contribution in [3.63, 3.8) is 0 Å². The molecule has 0 aromatic heterocycles. The Morgan fingerprint density at radius 2 is 0.529 bits per heavy atom. The summed E-state index contributed by atoms with van der Waals surface area (Å²) in [7, 11) is 0. The number of hydrogen-bond donors (Lipinski definition) is 1. The Balaban J connectivity index is 0. The highest BCUT2D eigenvalue weighted by molar-refractivity contribution is 5.69. The molecule has 51 heavy (non-hydrogen) atoms. The highest BCUT2D eigenvalue weighted by atomic mass is 16.5. The SMILES string of the molecule is CCCCCCCCCCCCCCCCO.CCCCCCCCCCCCCCCCOC(=O)CCCCCCCCCCCCCCC. The van der Waals surface area contributed by atoms with Crippen molar-refractivity contribution in [3.05, 3.63) is 0 Å². The summed E-state index contributed by atoms with van der Waals surface area (Å²) in [5.74, 6) is 0.0257. The zero-order chi connectivity index (χ0) is 37.4. The van der Waals surface area contributed by atoms with Crippen LogP contribution in [0.2, 0.25) is 0 Å². The predicted molar refractivity (Wildman–Crippen MR) is 229 cm³/mol. The standard InChI is InChI=1S/C32H64O2.C16H34O/c1-3-5-7-9-11-13-15-17-19-21-23-25-27-29-31-34-32(33)30-28-26-24-22-20-18-16-14-12-10-8-6-4-2;1-2-3-4-5-6-7-8-9-10-11-12-13-14-15-16-17/h3-31H2,1-2H3;17H,2-16H2,1H3. The molecule has 3 heteroatoms. The van der Waals surface area contributed by atoms with Crippen molar-refractivity contribution in [2.75, 3.05) is 13.2 Å². The lowest BCUT2D eigenvalue weighted by molar-refractivity contribution is -0.143. The van der Waals surface area contributed by atoms with E-state index < -0.39 is 0 Å². The number of unbranched alkanes of at least 4 members (excludes halogenated alkanes) is 38. The lowest BCUT2D eigenvalue weighted by atomic mass is 10.0. The van der Waals surface area contributed by atoms with Crippen molar-refractivity contribution in [2.45, 2.75) is 290 Å². The van der Waals surface area contributed by atoms with Gasteiger partial charge >= 0.3 is 5.97 Å². The molecule has 0 unspecified atom stereocenters. The van der Waals surface area contributed by atoms with Gasteiger partial charge in [-0.1, -0.05) is 265 Å². The number of rotatable bonds is 43. The maximum absolute atomic E-state index is 11.9. The summed E-state index contributed by atoms with van der Waals surface area (Å²) in [4.78, 5) is 11.9. The minimum Gasteiger partial charge on any atom is -0.466 e. The smallest absolute Gasteiger partial charge is 0.305 e. The zero-order valence-corrected chi connectivity index (χ0v) is 35.9. The summed E-state index contributed by atoms with van der Waals surface area (Å²) < 4.78 is 5.42. The minimum atomic E-state index is 0.0257. The molecule has 308 valence electrons. The molecule has 0 aromatic rings. The van der Waals surface area contributed by atoms with E-state index in [0.717, 1.165) is 19.3 Å². The zero-order valence-electron chi connectivity index (χ0n) is 35.9. The summed E-state index contributed by atoms with van der Waals surface area (Å²) in [6.07, 6.45) is 56.4. The summed E-state index contributed by atoms with van der Waals surface area (Å²) in [5, 5.41) is 8.64. The van der Waals surface area contributed by atoms with E-state index in [9.17, 15) is 4.79 Å². The van der Waals surface area contributed by atoms with E-state index >= 15 is 0 Å². The highest BCUT2D eigenvalue weighted by Crippen LogP contribution is 2.16. The van der Waals surface area contributed by atoms with Crippen LogP contribution in [0.15, 0.2) is 0 Å². The molecule has 0 aromatic carbocycles. The van der Waals surface area contributed by atoms with Gasteiger partial charge in [0, 0.05) is 13.0 Å². The van der Waals surface area contributed by atoms with Crippen molar-refractivity contribution in [2.24, 2.45) is 0 Å². The predicted octanol–water partition coefficient (Wildman–Crippen LogP) is 17.0. The van der Waals surface area contributed by atoms with Crippen LogP contribution in [0.25, 0.3) is 0 Å². The number of carbonyl (C=O) groups is 1. The number of aliphatic hydroxyl groups is 1. The van der Waals surface area contributed by atoms with Crippen LogP contribution >= 0.6 is 0 Å². The van der Waals surface area contributed by atoms with Crippen LogP contribution in [0.3, 0.4) is 0 Å². The molecule has 0 saturated heterocycles. The van der Waals surface area contributed by atoms with Gasteiger partial charge in [-0.15, -0.1) is 0 Å². The largest absolute Gasteiger partial charge is 0.466 e. The van der Waals surface area contributed by atoms with Crippen molar-refractivity contribution in [3.8, 4) is 0 Å². The van der Waals surface area contributed by atoms with Crippen LogP contribution in [0.1, 0.15) is 290 Å². The summed E-state index contributed by atoms with van der Waals surface area (Å²) in [6, 6.07) is 0. The number of carbonyl (C=O) groups excluding carboxylic acids is 1. The normalized spacial score (nSPS) is 11.1. The third kappa shape index (κ3) is 53.9. The molecule has 1 N–H and O–H groups in total. The summed E-state index contributed by atoms with van der Waals surface area (Å²) in [6.45, 7) is 7.85. The summed E-state index contributed by atoms with van der Waals surface area (Å²) >= 11 is 0.